The second kappa shape index (κ2) is 5.03. The quantitative estimate of drug-likeness (QED) is 0.797. The van der Waals surface area contributed by atoms with Crippen molar-refractivity contribution in [2.24, 2.45) is 5.73 Å². The number of phenols is 1. The van der Waals surface area contributed by atoms with Crippen LogP contribution in [-0.4, -0.2) is 18.3 Å². The van der Waals surface area contributed by atoms with Gasteiger partial charge in [0.25, 0.3) is 0 Å². The molecule has 0 saturated heterocycles. The molecule has 0 aliphatic rings. The van der Waals surface area contributed by atoms with Gasteiger partial charge < -0.3 is 15.6 Å². The molecule has 3 heteroatoms. The molecule has 0 aliphatic heterocycles. The van der Waals surface area contributed by atoms with Crippen LogP contribution in [0.4, 0.5) is 0 Å². The highest BCUT2D eigenvalue weighted by Gasteiger charge is 2.07. The van der Waals surface area contributed by atoms with Gasteiger partial charge in [-0.25, -0.2) is 0 Å². The first-order chi connectivity index (χ1) is 7.04. The maximum atomic E-state index is 9.62. The molecular formula is C12H19NO2. The lowest BCUT2D eigenvalue weighted by molar-refractivity contribution is 0.372. The number of aromatic hydroxyl groups is 1. The fourth-order valence-electron chi connectivity index (χ4n) is 1.53. The summed E-state index contributed by atoms with van der Waals surface area (Å²) in [6.07, 6.45) is 1.81. The van der Waals surface area contributed by atoms with Gasteiger partial charge in [0.05, 0.1) is 7.11 Å². The molecule has 3 nitrogen and oxygen atoms in total. The fraction of sp³-hybridized carbons (Fsp3) is 0.500. The average Bonchev–Trinajstić information content (AvgIpc) is 2.18. The summed E-state index contributed by atoms with van der Waals surface area (Å²) in [6.45, 7) is 4.00. The summed E-state index contributed by atoms with van der Waals surface area (Å²) in [4.78, 5) is 0. The van der Waals surface area contributed by atoms with E-state index in [1.54, 1.807) is 13.2 Å². The smallest absolute Gasteiger partial charge is 0.160 e. The summed E-state index contributed by atoms with van der Waals surface area (Å²) < 4.78 is 5.03. The van der Waals surface area contributed by atoms with E-state index in [1.165, 1.54) is 0 Å². The lowest BCUT2D eigenvalue weighted by Gasteiger charge is -2.11. The fourth-order valence-corrected chi connectivity index (χ4v) is 1.53. The molecule has 0 bridgehead atoms. The van der Waals surface area contributed by atoms with Crippen LogP contribution in [0, 0.1) is 6.92 Å². The molecule has 0 aromatic heterocycles. The highest BCUT2D eigenvalue weighted by molar-refractivity contribution is 5.46. The van der Waals surface area contributed by atoms with Gasteiger partial charge in [-0.3, -0.25) is 0 Å². The van der Waals surface area contributed by atoms with Crippen LogP contribution >= 0.6 is 0 Å². The summed E-state index contributed by atoms with van der Waals surface area (Å²) in [7, 11) is 1.55. The van der Waals surface area contributed by atoms with E-state index in [0.717, 1.165) is 24.0 Å². The van der Waals surface area contributed by atoms with E-state index in [1.807, 2.05) is 19.9 Å². The van der Waals surface area contributed by atoms with Gasteiger partial charge >= 0.3 is 0 Å². The van der Waals surface area contributed by atoms with Crippen LogP contribution in [0.15, 0.2) is 12.1 Å². The molecule has 0 heterocycles. The molecule has 0 spiro atoms. The molecule has 1 aromatic carbocycles. The standard InChI is InChI=1S/C12H19NO2/c1-8-6-12(15-3)11(14)7-10(8)5-4-9(2)13/h6-7,9,14H,4-5,13H2,1-3H3. The summed E-state index contributed by atoms with van der Waals surface area (Å²) in [5, 5.41) is 9.62. The topological polar surface area (TPSA) is 55.5 Å². The van der Waals surface area contributed by atoms with E-state index >= 15 is 0 Å². The van der Waals surface area contributed by atoms with Crippen LogP contribution in [-0.2, 0) is 6.42 Å². The number of methoxy groups -OCH3 is 1. The number of aryl methyl sites for hydroxylation is 2. The predicted octanol–water partition coefficient (Wildman–Crippen LogP) is 1.99. The average molecular weight is 209 g/mol. The van der Waals surface area contributed by atoms with Crippen LogP contribution in [0.5, 0.6) is 11.5 Å². The van der Waals surface area contributed by atoms with Crippen molar-refractivity contribution in [1.82, 2.24) is 0 Å². The third kappa shape index (κ3) is 3.13. The predicted molar refractivity (Wildman–Crippen MR) is 61.4 cm³/mol. The Morgan fingerprint density at radius 3 is 2.67 bits per heavy atom. The SMILES string of the molecule is COc1cc(C)c(CCC(C)N)cc1O. The van der Waals surface area contributed by atoms with E-state index in [0.29, 0.717) is 5.75 Å². The molecule has 3 N–H and O–H groups in total. The largest absolute Gasteiger partial charge is 0.504 e. The van der Waals surface area contributed by atoms with Crippen LogP contribution in [0.3, 0.4) is 0 Å². The zero-order valence-corrected chi connectivity index (χ0v) is 9.58. The lowest BCUT2D eigenvalue weighted by atomic mass is 10.0. The number of phenolic OH excluding ortho intramolecular Hbond substituents is 1. The molecule has 1 atom stereocenters. The Kier molecular flexibility index (Phi) is 3.97. The van der Waals surface area contributed by atoms with Crippen molar-refractivity contribution in [2.45, 2.75) is 32.7 Å². The zero-order valence-electron chi connectivity index (χ0n) is 9.58. The van der Waals surface area contributed by atoms with Crippen LogP contribution < -0.4 is 10.5 Å². The van der Waals surface area contributed by atoms with E-state index in [4.69, 9.17) is 10.5 Å². The summed E-state index contributed by atoms with van der Waals surface area (Å²) in [5.74, 6) is 0.722. The molecule has 0 aliphatic carbocycles. The Morgan fingerprint density at radius 1 is 1.47 bits per heavy atom. The van der Waals surface area contributed by atoms with Gasteiger partial charge in [0.15, 0.2) is 11.5 Å². The van der Waals surface area contributed by atoms with Crippen molar-refractivity contribution in [3.8, 4) is 11.5 Å². The van der Waals surface area contributed by atoms with Crippen molar-refractivity contribution < 1.29 is 9.84 Å². The minimum Gasteiger partial charge on any atom is -0.504 e. The number of rotatable bonds is 4. The molecule has 0 fully saturated rings. The molecule has 84 valence electrons. The summed E-state index contributed by atoms with van der Waals surface area (Å²) >= 11 is 0. The van der Waals surface area contributed by atoms with Crippen LogP contribution in [0.1, 0.15) is 24.5 Å². The Balaban J connectivity index is 2.85. The van der Waals surface area contributed by atoms with Crippen molar-refractivity contribution >= 4 is 0 Å². The number of hydrogen-bond acceptors (Lipinski definition) is 3. The maximum absolute atomic E-state index is 9.62. The van der Waals surface area contributed by atoms with Crippen molar-refractivity contribution in [3.05, 3.63) is 23.3 Å². The molecular weight excluding hydrogens is 190 g/mol. The van der Waals surface area contributed by atoms with Crippen LogP contribution in [0.25, 0.3) is 0 Å². The normalized spacial score (nSPS) is 12.5. The molecule has 0 saturated carbocycles. The van der Waals surface area contributed by atoms with E-state index < -0.39 is 0 Å². The Morgan fingerprint density at radius 2 is 2.13 bits per heavy atom. The van der Waals surface area contributed by atoms with Gasteiger partial charge in [-0.05, 0) is 49.9 Å². The van der Waals surface area contributed by atoms with Gasteiger partial charge in [-0.2, -0.15) is 0 Å². The number of nitrogens with two attached hydrogens (primary N) is 1. The van der Waals surface area contributed by atoms with Gasteiger partial charge in [-0.1, -0.05) is 0 Å². The first kappa shape index (κ1) is 11.9. The number of hydrogen-bond donors (Lipinski definition) is 2. The zero-order chi connectivity index (χ0) is 11.4. The molecule has 1 rings (SSSR count). The second-order valence-corrected chi connectivity index (χ2v) is 3.97. The highest BCUT2D eigenvalue weighted by atomic mass is 16.5. The minimum absolute atomic E-state index is 0.189. The Labute approximate surface area is 90.9 Å². The van der Waals surface area contributed by atoms with Gasteiger partial charge in [0.1, 0.15) is 0 Å². The van der Waals surface area contributed by atoms with Crippen molar-refractivity contribution in [2.75, 3.05) is 7.11 Å². The van der Waals surface area contributed by atoms with Crippen LogP contribution in [0.2, 0.25) is 0 Å². The minimum atomic E-state index is 0.189. The van der Waals surface area contributed by atoms with E-state index in [2.05, 4.69) is 0 Å². The number of ether oxygens (including phenoxy) is 1. The van der Waals surface area contributed by atoms with Gasteiger partial charge in [0.2, 0.25) is 0 Å². The first-order valence-electron chi connectivity index (χ1n) is 5.16. The lowest BCUT2D eigenvalue weighted by Crippen LogP contribution is -2.15. The molecule has 1 unspecified atom stereocenters. The second-order valence-electron chi connectivity index (χ2n) is 3.97. The molecule has 15 heavy (non-hydrogen) atoms. The third-order valence-electron chi connectivity index (χ3n) is 2.51. The third-order valence-corrected chi connectivity index (χ3v) is 2.51. The molecule has 1 aromatic rings. The van der Waals surface area contributed by atoms with Crippen molar-refractivity contribution in [1.29, 1.82) is 0 Å². The molecule has 0 radical (unpaired) electrons. The number of benzene rings is 1. The monoisotopic (exact) mass is 209 g/mol. The molecule has 0 amide bonds. The Bertz CT molecular complexity index is 335. The van der Waals surface area contributed by atoms with E-state index in [9.17, 15) is 5.11 Å². The maximum Gasteiger partial charge on any atom is 0.160 e. The summed E-state index contributed by atoms with van der Waals surface area (Å²) in [6, 6.07) is 3.80. The van der Waals surface area contributed by atoms with Gasteiger partial charge in [-0.15, -0.1) is 0 Å². The Hall–Kier alpha value is -1.22. The van der Waals surface area contributed by atoms with Crippen molar-refractivity contribution in [3.63, 3.8) is 0 Å². The highest BCUT2D eigenvalue weighted by Crippen LogP contribution is 2.29. The van der Waals surface area contributed by atoms with Gasteiger partial charge in [0, 0.05) is 6.04 Å². The first-order valence-corrected chi connectivity index (χ1v) is 5.16. The summed E-state index contributed by atoms with van der Waals surface area (Å²) in [5.41, 5.74) is 7.96. The van der Waals surface area contributed by atoms with E-state index in [-0.39, 0.29) is 11.8 Å².